The molecule has 5 nitrogen and oxygen atoms in total. The molecule has 0 saturated carbocycles. The molecule has 0 aliphatic carbocycles. The molecule has 6 heteroatoms. The summed E-state index contributed by atoms with van der Waals surface area (Å²) in [5.74, 6) is 1.05. The molecule has 0 radical (unpaired) electrons. The van der Waals surface area contributed by atoms with Gasteiger partial charge >= 0.3 is 0 Å². The van der Waals surface area contributed by atoms with Gasteiger partial charge in [-0.05, 0) is 43.0 Å². The van der Waals surface area contributed by atoms with E-state index in [9.17, 15) is 9.65 Å². The van der Waals surface area contributed by atoms with Gasteiger partial charge in [0.15, 0.2) is 0 Å². The molecule has 2 fully saturated rings. The molecule has 28 heavy (non-hydrogen) atoms. The Labute approximate surface area is 163 Å². The summed E-state index contributed by atoms with van der Waals surface area (Å²) < 4.78 is 14.6. The first-order chi connectivity index (χ1) is 13.7. The van der Waals surface area contributed by atoms with Crippen molar-refractivity contribution in [3.8, 4) is 6.07 Å². The average Bonchev–Trinajstić information content (AvgIpc) is 3.16. The maximum Gasteiger partial charge on any atom is 0.147 e. The smallest absolute Gasteiger partial charge is 0.147 e. The van der Waals surface area contributed by atoms with Crippen LogP contribution in [-0.2, 0) is 0 Å². The van der Waals surface area contributed by atoms with Crippen molar-refractivity contribution in [2.45, 2.75) is 18.9 Å². The predicted octanol–water partition coefficient (Wildman–Crippen LogP) is 3.75. The molecule has 2 aliphatic heterocycles. The number of fused-ring (bicyclic) bond motifs is 2. The lowest BCUT2D eigenvalue weighted by Crippen LogP contribution is -2.49. The Bertz CT molecular complexity index is 1080. The van der Waals surface area contributed by atoms with Gasteiger partial charge in [-0.1, -0.05) is 18.2 Å². The Balaban J connectivity index is 1.46. The van der Waals surface area contributed by atoms with E-state index in [1.54, 1.807) is 12.1 Å². The second kappa shape index (κ2) is 6.75. The lowest BCUT2D eigenvalue weighted by Gasteiger charge is -2.40. The molecular formula is C22H20FN5. The largest absolute Gasteiger partial charge is 0.363 e. The Morgan fingerprint density at radius 1 is 1.04 bits per heavy atom. The number of rotatable bonds is 2. The lowest BCUT2D eigenvalue weighted by atomic mass is 9.92. The van der Waals surface area contributed by atoms with Crippen LogP contribution in [0.2, 0.25) is 0 Å². The summed E-state index contributed by atoms with van der Waals surface area (Å²) in [5, 5.41) is 9.46. The Morgan fingerprint density at radius 2 is 1.86 bits per heavy atom. The third-order valence-electron chi connectivity index (χ3n) is 6.02. The van der Waals surface area contributed by atoms with Crippen molar-refractivity contribution in [3.05, 3.63) is 60.0 Å². The molecule has 0 spiro atoms. The molecule has 140 valence electrons. The van der Waals surface area contributed by atoms with E-state index in [2.05, 4.69) is 20.9 Å². The number of aromatic nitrogens is 2. The summed E-state index contributed by atoms with van der Waals surface area (Å²) in [5.41, 5.74) is 2.62. The highest BCUT2D eigenvalue weighted by atomic mass is 19.1. The minimum atomic E-state index is -0.317. The van der Waals surface area contributed by atoms with E-state index in [0.29, 0.717) is 17.2 Å². The highest BCUT2D eigenvalue weighted by molar-refractivity contribution is 5.75. The standard InChI is InChI=1S/C22H20FN5/c23-17-5-3-4-16(12-24)22(17)28-11-9-15-8-10-27(14-20(15)28)21-13-25-18-6-1-2-7-19(18)26-21/h1-7,13,15,20H,8-11,14H2. The van der Waals surface area contributed by atoms with Gasteiger partial charge in [0.25, 0.3) is 0 Å². The zero-order valence-corrected chi connectivity index (χ0v) is 15.4. The van der Waals surface area contributed by atoms with Crippen LogP contribution in [0.5, 0.6) is 0 Å². The van der Waals surface area contributed by atoms with Gasteiger partial charge in [0.2, 0.25) is 0 Å². The first kappa shape index (κ1) is 16.9. The summed E-state index contributed by atoms with van der Waals surface area (Å²) in [4.78, 5) is 13.7. The number of para-hydroxylation sites is 3. The van der Waals surface area contributed by atoms with Gasteiger partial charge in [0.1, 0.15) is 17.7 Å². The fourth-order valence-corrected chi connectivity index (χ4v) is 4.62. The molecular weight excluding hydrogens is 353 g/mol. The number of hydrogen-bond donors (Lipinski definition) is 0. The number of piperidine rings is 1. The van der Waals surface area contributed by atoms with Crippen molar-refractivity contribution in [2.75, 3.05) is 29.4 Å². The minimum Gasteiger partial charge on any atom is -0.363 e. The van der Waals surface area contributed by atoms with Crippen LogP contribution in [0.25, 0.3) is 11.0 Å². The van der Waals surface area contributed by atoms with Gasteiger partial charge in [-0.25, -0.2) is 9.37 Å². The predicted molar refractivity (Wildman–Crippen MR) is 107 cm³/mol. The zero-order chi connectivity index (χ0) is 19.1. The number of nitrogens with zero attached hydrogens (tertiary/aromatic N) is 5. The summed E-state index contributed by atoms with van der Waals surface area (Å²) >= 11 is 0. The molecule has 0 amide bonds. The molecule has 1 aromatic heterocycles. The van der Waals surface area contributed by atoms with Crippen LogP contribution in [0.4, 0.5) is 15.9 Å². The summed E-state index contributed by atoms with van der Waals surface area (Å²) in [6, 6.07) is 14.9. The third-order valence-corrected chi connectivity index (χ3v) is 6.02. The van der Waals surface area contributed by atoms with Crippen LogP contribution in [0.3, 0.4) is 0 Å². The number of halogens is 1. The van der Waals surface area contributed by atoms with Gasteiger partial charge < -0.3 is 9.80 Å². The van der Waals surface area contributed by atoms with Crippen LogP contribution in [0, 0.1) is 23.1 Å². The van der Waals surface area contributed by atoms with Crippen molar-refractivity contribution in [1.29, 1.82) is 5.26 Å². The Morgan fingerprint density at radius 3 is 2.71 bits per heavy atom. The van der Waals surface area contributed by atoms with E-state index in [-0.39, 0.29) is 11.9 Å². The van der Waals surface area contributed by atoms with Gasteiger partial charge in [-0.2, -0.15) is 5.26 Å². The molecule has 0 N–H and O–H groups in total. The number of anilines is 2. The fraction of sp³-hybridized carbons (Fsp3) is 0.318. The van der Waals surface area contributed by atoms with Crippen LogP contribution >= 0.6 is 0 Å². The molecule has 2 unspecified atom stereocenters. The molecule has 2 atom stereocenters. The summed E-state index contributed by atoms with van der Waals surface area (Å²) in [6.07, 6.45) is 3.89. The topological polar surface area (TPSA) is 56.1 Å². The molecule has 0 bridgehead atoms. The van der Waals surface area contributed by atoms with Crippen LogP contribution in [0.1, 0.15) is 18.4 Å². The molecule has 2 aromatic carbocycles. The molecule has 2 aliphatic rings. The van der Waals surface area contributed by atoms with Crippen molar-refractivity contribution in [2.24, 2.45) is 5.92 Å². The van der Waals surface area contributed by atoms with Crippen LogP contribution < -0.4 is 9.80 Å². The van der Waals surface area contributed by atoms with Crippen LogP contribution in [-0.4, -0.2) is 35.6 Å². The van der Waals surface area contributed by atoms with E-state index >= 15 is 0 Å². The first-order valence-electron chi connectivity index (χ1n) is 9.66. The van der Waals surface area contributed by atoms with E-state index < -0.39 is 0 Å². The second-order valence-corrected chi connectivity index (χ2v) is 7.51. The average molecular weight is 373 g/mol. The van der Waals surface area contributed by atoms with Crippen molar-refractivity contribution in [3.63, 3.8) is 0 Å². The normalized spacial score (nSPS) is 21.6. The summed E-state index contributed by atoms with van der Waals surface area (Å²) in [7, 11) is 0. The van der Waals surface area contributed by atoms with Crippen LogP contribution in [0.15, 0.2) is 48.7 Å². The second-order valence-electron chi connectivity index (χ2n) is 7.51. The summed E-state index contributed by atoms with van der Waals surface area (Å²) in [6.45, 7) is 2.46. The van der Waals surface area contributed by atoms with Gasteiger partial charge in [0.05, 0.1) is 28.5 Å². The highest BCUT2D eigenvalue weighted by Gasteiger charge is 2.40. The van der Waals surface area contributed by atoms with E-state index in [1.807, 2.05) is 30.5 Å². The lowest BCUT2D eigenvalue weighted by molar-refractivity contribution is 0.388. The van der Waals surface area contributed by atoms with E-state index in [1.165, 1.54) is 6.07 Å². The van der Waals surface area contributed by atoms with Gasteiger partial charge in [-0.3, -0.25) is 4.98 Å². The monoisotopic (exact) mass is 373 g/mol. The number of hydrogen-bond acceptors (Lipinski definition) is 5. The highest BCUT2D eigenvalue weighted by Crippen LogP contribution is 2.38. The van der Waals surface area contributed by atoms with E-state index in [4.69, 9.17) is 4.98 Å². The fourth-order valence-electron chi connectivity index (χ4n) is 4.62. The zero-order valence-electron chi connectivity index (χ0n) is 15.4. The maximum atomic E-state index is 14.6. The van der Waals surface area contributed by atoms with Gasteiger partial charge in [0, 0.05) is 25.7 Å². The Hall–Kier alpha value is -3.20. The third kappa shape index (κ3) is 2.75. The van der Waals surface area contributed by atoms with Crippen molar-refractivity contribution >= 4 is 22.5 Å². The number of benzene rings is 2. The molecule has 3 heterocycles. The minimum absolute atomic E-state index is 0.172. The Kier molecular flexibility index (Phi) is 4.09. The molecule has 3 aromatic rings. The SMILES string of the molecule is N#Cc1cccc(F)c1N1CCC2CCN(c3cnc4ccccc4n3)CC21. The van der Waals surface area contributed by atoms with Crippen molar-refractivity contribution < 1.29 is 4.39 Å². The number of nitriles is 1. The van der Waals surface area contributed by atoms with Crippen molar-refractivity contribution in [1.82, 2.24) is 9.97 Å². The first-order valence-corrected chi connectivity index (χ1v) is 9.66. The quantitative estimate of drug-likeness (QED) is 0.685. The maximum absolute atomic E-state index is 14.6. The molecule has 5 rings (SSSR count). The molecule has 2 saturated heterocycles. The van der Waals surface area contributed by atoms with E-state index in [0.717, 1.165) is 49.3 Å². The van der Waals surface area contributed by atoms with Gasteiger partial charge in [-0.15, -0.1) is 0 Å².